The van der Waals surface area contributed by atoms with Crippen LogP contribution >= 0.6 is 0 Å². The Bertz CT molecular complexity index is 795. The molecule has 8 heteroatoms. The quantitative estimate of drug-likeness (QED) is 0.861. The Balaban J connectivity index is 2.10. The lowest BCUT2D eigenvalue weighted by molar-refractivity contribution is 0.476. The number of phenolic OH excluding ortho intramolecular Hbond substituents is 1. The topological polar surface area (TPSA) is 87.5 Å². The molecule has 7 nitrogen and oxygen atoms in total. The molecule has 0 saturated carbocycles. The van der Waals surface area contributed by atoms with Gasteiger partial charge in [-0.3, -0.25) is 9.40 Å². The molecule has 0 bridgehead atoms. The van der Waals surface area contributed by atoms with Crippen LogP contribution in [-0.2, 0) is 17.3 Å². The zero-order valence-electron chi connectivity index (χ0n) is 10.6. The SMILES string of the molecule is Cn1cc(-c2ccc(O)c(N3C=CNS3(=O)=O)c2)cn1. The van der Waals surface area contributed by atoms with E-state index in [9.17, 15) is 13.5 Å². The Morgan fingerprint density at radius 2 is 2.10 bits per heavy atom. The van der Waals surface area contributed by atoms with Gasteiger partial charge in [-0.05, 0) is 17.7 Å². The smallest absolute Gasteiger partial charge is 0.327 e. The van der Waals surface area contributed by atoms with Crippen molar-refractivity contribution in [1.82, 2.24) is 14.5 Å². The summed E-state index contributed by atoms with van der Waals surface area (Å²) in [5, 5.41) is 14.0. The minimum atomic E-state index is -3.66. The summed E-state index contributed by atoms with van der Waals surface area (Å²) >= 11 is 0. The third kappa shape index (κ3) is 1.99. The van der Waals surface area contributed by atoms with E-state index >= 15 is 0 Å². The average molecular weight is 292 g/mol. The molecule has 0 spiro atoms. The molecule has 20 heavy (non-hydrogen) atoms. The van der Waals surface area contributed by atoms with E-state index < -0.39 is 10.2 Å². The zero-order chi connectivity index (χ0) is 14.3. The van der Waals surface area contributed by atoms with Crippen molar-refractivity contribution >= 4 is 15.9 Å². The minimum Gasteiger partial charge on any atom is -0.506 e. The normalized spacial score (nSPS) is 16.4. The molecule has 2 N–H and O–H groups in total. The van der Waals surface area contributed by atoms with Gasteiger partial charge in [-0.2, -0.15) is 13.5 Å². The van der Waals surface area contributed by atoms with Crippen LogP contribution in [0.5, 0.6) is 5.75 Å². The number of aromatic hydroxyl groups is 1. The first-order valence-corrected chi connectivity index (χ1v) is 7.22. The van der Waals surface area contributed by atoms with Gasteiger partial charge in [0.25, 0.3) is 0 Å². The Morgan fingerprint density at radius 1 is 1.30 bits per heavy atom. The fourth-order valence-corrected chi connectivity index (χ4v) is 2.95. The highest BCUT2D eigenvalue weighted by molar-refractivity contribution is 7.91. The molecule has 1 aliphatic heterocycles. The average Bonchev–Trinajstić information content (AvgIpc) is 2.96. The first-order chi connectivity index (χ1) is 9.47. The molecule has 0 radical (unpaired) electrons. The van der Waals surface area contributed by atoms with Crippen molar-refractivity contribution in [3.63, 3.8) is 0 Å². The summed E-state index contributed by atoms with van der Waals surface area (Å²) in [6, 6.07) is 4.76. The van der Waals surface area contributed by atoms with Gasteiger partial charge < -0.3 is 5.11 Å². The molecule has 2 aromatic rings. The molecule has 1 aliphatic rings. The second kappa shape index (κ2) is 4.27. The Labute approximate surface area is 115 Å². The maximum atomic E-state index is 11.8. The fraction of sp³-hybridized carbons (Fsp3) is 0.0833. The van der Waals surface area contributed by atoms with Crippen LogP contribution in [0.1, 0.15) is 0 Å². The first kappa shape index (κ1) is 12.5. The molecule has 0 amide bonds. The fourth-order valence-electron chi connectivity index (χ4n) is 1.98. The Morgan fingerprint density at radius 3 is 2.70 bits per heavy atom. The molecule has 0 saturated heterocycles. The van der Waals surface area contributed by atoms with E-state index in [-0.39, 0.29) is 11.4 Å². The van der Waals surface area contributed by atoms with Crippen molar-refractivity contribution in [2.24, 2.45) is 7.05 Å². The van der Waals surface area contributed by atoms with E-state index in [0.717, 1.165) is 15.4 Å². The van der Waals surface area contributed by atoms with Gasteiger partial charge in [-0.15, -0.1) is 0 Å². The highest BCUT2D eigenvalue weighted by Crippen LogP contribution is 2.34. The van der Waals surface area contributed by atoms with E-state index in [1.807, 2.05) is 6.20 Å². The van der Waals surface area contributed by atoms with Crippen LogP contribution in [0.2, 0.25) is 0 Å². The van der Waals surface area contributed by atoms with Gasteiger partial charge in [0.05, 0.1) is 6.20 Å². The van der Waals surface area contributed by atoms with Crippen LogP contribution < -0.4 is 9.03 Å². The van der Waals surface area contributed by atoms with Crippen molar-refractivity contribution in [1.29, 1.82) is 0 Å². The predicted octanol–water partition coefficient (Wildman–Crippen LogP) is 0.918. The van der Waals surface area contributed by atoms with Gasteiger partial charge in [0, 0.05) is 31.2 Å². The van der Waals surface area contributed by atoms with E-state index in [1.165, 1.54) is 18.5 Å². The second-order valence-electron chi connectivity index (χ2n) is 4.34. The lowest BCUT2D eigenvalue weighted by atomic mass is 10.1. The van der Waals surface area contributed by atoms with Crippen LogP contribution in [0.25, 0.3) is 11.1 Å². The highest BCUT2D eigenvalue weighted by Gasteiger charge is 2.26. The molecule has 3 rings (SSSR count). The summed E-state index contributed by atoms with van der Waals surface area (Å²) < 4.78 is 28.4. The summed E-state index contributed by atoms with van der Waals surface area (Å²) in [6.45, 7) is 0. The third-order valence-electron chi connectivity index (χ3n) is 2.94. The Hall–Kier alpha value is -2.48. The molecular formula is C12H12N4O3S. The molecule has 0 fully saturated rings. The molecule has 0 aliphatic carbocycles. The molecule has 104 valence electrons. The molecule has 0 atom stereocenters. The lowest BCUT2D eigenvalue weighted by Gasteiger charge is -2.16. The molecule has 1 aromatic carbocycles. The number of rotatable bonds is 2. The van der Waals surface area contributed by atoms with Crippen molar-refractivity contribution in [3.8, 4) is 16.9 Å². The summed E-state index contributed by atoms with van der Waals surface area (Å²) in [7, 11) is -1.87. The van der Waals surface area contributed by atoms with Gasteiger partial charge in [-0.25, -0.2) is 4.31 Å². The van der Waals surface area contributed by atoms with Crippen LogP contribution in [0, 0.1) is 0 Å². The van der Waals surface area contributed by atoms with Crippen molar-refractivity contribution < 1.29 is 13.5 Å². The van der Waals surface area contributed by atoms with Crippen LogP contribution in [0.15, 0.2) is 43.0 Å². The minimum absolute atomic E-state index is 0.116. The number of anilines is 1. The summed E-state index contributed by atoms with van der Waals surface area (Å²) in [4.78, 5) is 0. The molecule has 2 heterocycles. The van der Waals surface area contributed by atoms with E-state index in [4.69, 9.17) is 0 Å². The maximum absolute atomic E-state index is 11.8. The van der Waals surface area contributed by atoms with Crippen molar-refractivity contribution in [3.05, 3.63) is 43.0 Å². The van der Waals surface area contributed by atoms with Gasteiger partial charge in [0.1, 0.15) is 11.4 Å². The third-order valence-corrected chi connectivity index (χ3v) is 4.21. The number of hydrogen-bond acceptors (Lipinski definition) is 4. The van der Waals surface area contributed by atoms with Crippen molar-refractivity contribution in [2.45, 2.75) is 0 Å². The largest absolute Gasteiger partial charge is 0.506 e. The highest BCUT2D eigenvalue weighted by atomic mass is 32.2. The van der Waals surface area contributed by atoms with E-state index in [0.29, 0.717) is 0 Å². The molecule has 1 aromatic heterocycles. The van der Waals surface area contributed by atoms with Crippen LogP contribution in [0.3, 0.4) is 0 Å². The van der Waals surface area contributed by atoms with Crippen molar-refractivity contribution in [2.75, 3.05) is 4.31 Å². The number of aryl methyl sites for hydroxylation is 1. The van der Waals surface area contributed by atoms with Gasteiger partial charge >= 0.3 is 10.2 Å². The number of nitrogens with one attached hydrogen (secondary N) is 1. The molecule has 0 unspecified atom stereocenters. The number of nitrogens with zero attached hydrogens (tertiary/aromatic N) is 3. The number of hydrogen-bond donors (Lipinski definition) is 2. The van der Waals surface area contributed by atoms with Gasteiger partial charge in [-0.1, -0.05) is 6.07 Å². The summed E-state index contributed by atoms with van der Waals surface area (Å²) in [6.07, 6.45) is 6.12. The summed E-state index contributed by atoms with van der Waals surface area (Å²) in [5.41, 5.74) is 1.79. The number of aromatic nitrogens is 2. The van der Waals surface area contributed by atoms with Gasteiger partial charge in [0.15, 0.2) is 0 Å². The zero-order valence-corrected chi connectivity index (χ0v) is 11.4. The van der Waals surface area contributed by atoms with E-state index in [1.54, 1.807) is 30.1 Å². The van der Waals surface area contributed by atoms with Crippen LogP contribution in [-0.4, -0.2) is 23.3 Å². The van der Waals surface area contributed by atoms with Crippen LogP contribution in [0.4, 0.5) is 5.69 Å². The Kier molecular flexibility index (Phi) is 2.68. The number of phenols is 1. The van der Waals surface area contributed by atoms with Gasteiger partial charge in [0.2, 0.25) is 0 Å². The summed E-state index contributed by atoms with van der Waals surface area (Å²) in [5.74, 6) is -0.116. The molecular weight excluding hydrogens is 280 g/mol. The lowest BCUT2D eigenvalue weighted by Crippen LogP contribution is -2.28. The predicted molar refractivity (Wildman–Crippen MR) is 74.0 cm³/mol. The number of benzene rings is 1. The maximum Gasteiger partial charge on any atom is 0.327 e. The monoisotopic (exact) mass is 292 g/mol. The first-order valence-electron chi connectivity index (χ1n) is 5.78. The standard InChI is InChI=1S/C12H12N4O3S/c1-15-8-10(7-13-15)9-2-3-12(17)11(6-9)16-5-4-14-20(16,18)19/h2-8,14,17H,1H3. The second-order valence-corrected chi connectivity index (χ2v) is 5.92. The van der Waals surface area contributed by atoms with E-state index in [2.05, 4.69) is 9.82 Å².